The molecule has 2 nitrogen and oxygen atoms in total. The molecule has 0 unspecified atom stereocenters. The Morgan fingerprint density at radius 2 is 1.46 bits per heavy atom. The summed E-state index contributed by atoms with van der Waals surface area (Å²) in [6, 6.07) is 17.3. The Labute approximate surface area is 167 Å². The summed E-state index contributed by atoms with van der Waals surface area (Å²) >= 11 is 0. The Morgan fingerprint density at radius 1 is 0.714 bits per heavy atom. The lowest BCUT2D eigenvalue weighted by Gasteiger charge is -2.25. The molecule has 142 valence electrons. The number of nitrogens with zero attached hydrogens (tertiary/aromatic N) is 2. The van der Waals surface area contributed by atoms with Crippen LogP contribution in [0.25, 0.3) is 32.9 Å². The normalized spacial score (nSPS) is 12.6. The molecule has 0 fully saturated rings. The highest BCUT2D eigenvalue weighted by molar-refractivity contribution is 5.93. The lowest BCUT2D eigenvalue weighted by molar-refractivity contribution is 0.594. The number of para-hydroxylation sites is 1. The van der Waals surface area contributed by atoms with Crippen LogP contribution in [0.3, 0.4) is 0 Å². The maximum atomic E-state index is 5.18. The van der Waals surface area contributed by atoms with Gasteiger partial charge in [0.25, 0.3) is 0 Å². The van der Waals surface area contributed by atoms with E-state index in [1.54, 1.807) is 0 Å². The van der Waals surface area contributed by atoms with Crippen LogP contribution in [0.4, 0.5) is 0 Å². The topological polar surface area (TPSA) is 25.8 Å². The maximum Gasteiger partial charge on any atom is 0.0746 e. The average Bonchev–Trinajstić information content (AvgIpc) is 2.64. The molecule has 0 bridgehead atoms. The largest absolute Gasteiger partial charge is 0.264 e. The van der Waals surface area contributed by atoms with Gasteiger partial charge in [-0.25, -0.2) is 4.98 Å². The van der Waals surface area contributed by atoms with E-state index in [1.807, 2.05) is 12.4 Å². The summed E-state index contributed by atoms with van der Waals surface area (Å²) in [5, 5.41) is 3.62. The van der Waals surface area contributed by atoms with E-state index in [4.69, 9.17) is 4.98 Å². The first-order valence-corrected chi connectivity index (χ1v) is 9.94. The van der Waals surface area contributed by atoms with Gasteiger partial charge in [0.1, 0.15) is 0 Å². The zero-order valence-corrected chi connectivity index (χ0v) is 17.7. The first kappa shape index (κ1) is 18.6. The van der Waals surface area contributed by atoms with Crippen molar-refractivity contribution in [3.8, 4) is 11.3 Å². The van der Waals surface area contributed by atoms with Crippen molar-refractivity contribution in [3.63, 3.8) is 0 Å². The second-order valence-corrected chi connectivity index (χ2v) is 9.66. The molecule has 2 heterocycles. The van der Waals surface area contributed by atoms with E-state index in [2.05, 4.69) is 95.1 Å². The molecule has 4 aromatic rings. The molecule has 4 rings (SSSR count). The van der Waals surface area contributed by atoms with Gasteiger partial charge in [-0.15, -0.1) is 0 Å². The third-order valence-electron chi connectivity index (χ3n) is 5.37. The molecule has 0 saturated carbocycles. The minimum atomic E-state index is -0.00359. The summed E-state index contributed by atoms with van der Waals surface area (Å²) in [5.74, 6) is 0. The lowest BCUT2D eigenvalue weighted by Crippen LogP contribution is -2.14. The van der Waals surface area contributed by atoms with Gasteiger partial charge >= 0.3 is 0 Å². The Balaban J connectivity index is 2.05. The molecule has 0 radical (unpaired) electrons. The van der Waals surface area contributed by atoms with E-state index in [-0.39, 0.29) is 10.8 Å². The van der Waals surface area contributed by atoms with Crippen LogP contribution >= 0.6 is 0 Å². The van der Waals surface area contributed by atoms with Crippen molar-refractivity contribution in [3.05, 3.63) is 72.1 Å². The number of pyridine rings is 2. The zero-order valence-electron chi connectivity index (χ0n) is 17.7. The van der Waals surface area contributed by atoms with Crippen molar-refractivity contribution in [2.45, 2.75) is 52.4 Å². The van der Waals surface area contributed by atoms with Gasteiger partial charge in [0.15, 0.2) is 0 Å². The number of aromatic nitrogens is 2. The summed E-state index contributed by atoms with van der Waals surface area (Å²) in [5.41, 5.74) is 6.00. The van der Waals surface area contributed by atoms with Crippen molar-refractivity contribution >= 4 is 21.7 Å². The minimum absolute atomic E-state index is 0.00359. The Hall–Kier alpha value is -2.74. The van der Waals surface area contributed by atoms with Crippen LogP contribution in [-0.4, -0.2) is 9.97 Å². The van der Waals surface area contributed by atoms with Gasteiger partial charge in [-0.05, 0) is 39.5 Å². The summed E-state index contributed by atoms with van der Waals surface area (Å²) < 4.78 is 0. The predicted octanol–water partition coefficient (Wildman–Crippen LogP) is 7.05. The Bertz CT molecular complexity index is 1170. The van der Waals surface area contributed by atoms with Crippen molar-refractivity contribution in [2.24, 2.45) is 0 Å². The standard InChI is InChI=1S/C26H28N2/c1-25(2,3)21-9-7-8-17-11-13-22(28-24(17)21)20-12-10-18-16-27-15-14-19(18)23(20)26(4,5)6/h7-16H,1-6H3. The summed E-state index contributed by atoms with van der Waals surface area (Å²) in [7, 11) is 0. The second-order valence-electron chi connectivity index (χ2n) is 9.66. The van der Waals surface area contributed by atoms with Gasteiger partial charge < -0.3 is 0 Å². The molecule has 0 aliphatic heterocycles. The van der Waals surface area contributed by atoms with Crippen LogP contribution in [-0.2, 0) is 10.8 Å². The van der Waals surface area contributed by atoms with Crippen molar-refractivity contribution in [1.29, 1.82) is 0 Å². The van der Waals surface area contributed by atoms with Crippen LogP contribution in [0.2, 0.25) is 0 Å². The first-order chi connectivity index (χ1) is 13.2. The van der Waals surface area contributed by atoms with Gasteiger partial charge in [-0.1, -0.05) is 77.9 Å². The molecule has 0 atom stereocenters. The fraction of sp³-hybridized carbons (Fsp3) is 0.308. The molecular formula is C26H28N2. The molecule has 0 aliphatic carbocycles. The minimum Gasteiger partial charge on any atom is -0.264 e. The first-order valence-electron chi connectivity index (χ1n) is 9.94. The molecule has 0 spiro atoms. The van der Waals surface area contributed by atoms with Crippen LogP contribution in [0.5, 0.6) is 0 Å². The van der Waals surface area contributed by atoms with E-state index in [0.717, 1.165) is 11.2 Å². The molecule has 2 aromatic heterocycles. The van der Waals surface area contributed by atoms with Crippen molar-refractivity contribution in [2.75, 3.05) is 0 Å². The van der Waals surface area contributed by atoms with Gasteiger partial charge in [-0.3, -0.25) is 4.98 Å². The highest BCUT2D eigenvalue weighted by Crippen LogP contribution is 2.39. The van der Waals surface area contributed by atoms with E-state index < -0.39 is 0 Å². The molecule has 0 amide bonds. The number of hydrogen-bond acceptors (Lipinski definition) is 2. The van der Waals surface area contributed by atoms with Gasteiger partial charge in [0, 0.05) is 28.7 Å². The number of rotatable bonds is 1. The van der Waals surface area contributed by atoms with Crippen LogP contribution in [0.15, 0.2) is 60.9 Å². The zero-order chi connectivity index (χ0) is 20.1. The van der Waals surface area contributed by atoms with Crippen LogP contribution < -0.4 is 0 Å². The summed E-state index contributed by atoms with van der Waals surface area (Å²) in [4.78, 5) is 9.48. The Kier molecular flexibility index (Phi) is 4.26. The lowest BCUT2D eigenvalue weighted by atomic mass is 9.79. The number of hydrogen-bond donors (Lipinski definition) is 0. The summed E-state index contributed by atoms with van der Waals surface area (Å²) in [6.45, 7) is 13.6. The molecule has 2 aromatic carbocycles. The fourth-order valence-corrected chi connectivity index (χ4v) is 4.09. The smallest absolute Gasteiger partial charge is 0.0746 e. The average molecular weight is 369 g/mol. The summed E-state index contributed by atoms with van der Waals surface area (Å²) in [6.07, 6.45) is 3.83. The van der Waals surface area contributed by atoms with E-state index in [9.17, 15) is 0 Å². The van der Waals surface area contributed by atoms with Crippen molar-refractivity contribution < 1.29 is 0 Å². The molecule has 28 heavy (non-hydrogen) atoms. The number of fused-ring (bicyclic) bond motifs is 2. The molecule has 0 saturated heterocycles. The molecule has 0 N–H and O–H groups in total. The Morgan fingerprint density at radius 3 is 2.18 bits per heavy atom. The van der Waals surface area contributed by atoms with Gasteiger partial charge in [-0.2, -0.15) is 0 Å². The van der Waals surface area contributed by atoms with Gasteiger partial charge in [0.05, 0.1) is 11.2 Å². The molecule has 2 heteroatoms. The molecular weight excluding hydrogens is 340 g/mol. The third kappa shape index (κ3) is 3.17. The van der Waals surface area contributed by atoms with E-state index in [0.29, 0.717) is 0 Å². The monoisotopic (exact) mass is 368 g/mol. The SMILES string of the molecule is CC(C)(C)c1c(-c2ccc3cccc(C(C)(C)C)c3n2)ccc2cnccc12. The highest BCUT2D eigenvalue weighted by atomic mass is 14.7. The van der Waals surface area contributed by atoms with Crippen LogP contribution in [0.1, 0.15) is 52.7 Å². The maximum absolute atomic E-state index is 5.18. The third-order valence-corrected chi connectivity index (χ3v) is 5.37. The van der Waals surface area contributed by atoms with Crippen LogP contribution in [0, 0.1) is 0 Å². The van der Waals surface area contributed by atoms with E-state index >= 15 is 0 Å². The second kappa shape index (κ2) is 6.41. The van der Waals surface area contributed by atoms with Crippen molar-refractivity contribution in [1.82, 2.24) is 9.97 Å². The quantitative estimate of drug-likeness (QED) is 0.360. The van der Waals surface area contributed by atoms with Gasteiger partial charge in [0.2, 0.25) is 0 Å². The predicted molar refractivity (Wildman–Crippen MR) is 120 cm³/mol. The highest BCUT2D eigenvalue weighted by Gasteiger charge is 2.23. The number of benzene rings is 2. The fourth-order valence-electron chi connectivity index (χ4n) is 4.09. The molecule has 0 aliphatic rings. The van der Waals surface area contributed by atoms with E-state index in [1.165, 1.54) is 32.8 Å².